The molecule has 20 heavy (non-hydrogen) atoms. The number of hydrogen-bond acceptors (Lipinski definition) is 3. The third-order valence-corrected chi connectivity index (χ3v) is 4.98. The lowest BCUT2D eigenvalue weighted by Gasteiger charge is -2.21. The molecule has 1 N–H and O–H groups in total. The topological polar surface area (TPSA) is 15.3 Å². The van der Waals surface area contributed by atoms with Crippen molar-refractivity contribution in [1.29, 1.82) is 0 Å². The van der Waals surface area contributed by atoms with Gasteiger partial charge in [-0.05, 0) is 43.7 Å². The van der Waals surface area contributed by atoms with E-state index in [4.69, 9.17) is 0 Å². The van der Waals surface area contributed by atoms with Crippen LogP contribution in [0.4, 0.5) is 11.4 Å². The summed E-state index contributed by atoms with van der Waals surface area (Å²) in [6, 6.07) is 17.4. The van der Waals surface area contributed by atoms with E-state index in [2.05, 4.69) is 72.6 Å². The lowest BCUT2D eigenvalue weighted by atomic mass is 10.2. The molecule has 1 aliphatic rings. The molecule has 1 atom stereocenters. The zero-order valence-corrected chi connectivity index (χ0v) is 12.8. The van der Waals surface area contributed by atoms with E-state index < -0.39 is 0 Å². The molecule has 0 aliphatic carbocycles. The van der Waals surface area contributed by atoms with E-state index in [-0.39, 0.29) is 0 Å². The first kappa shape index (κ1) is 13.4. The highest BCUT2D eigenvalue weighted by Crippen LogP contribution is 2.46. The molecule has 2 nitrogen and oxygen atoms in total. The molecule has 104 valence electrons. The van der Waals surface area contributed by atoms with Gasteiger partial charge in [0.1, 0.15) is 5.37 Å². The van der Waals surface area contributed by atoms with Crippen molar-refractivity contribution in [2.45, 2.75) is 24.1 Å². The van der Waals surface area contributed by atoms with Gasteiger partial charge in [-0.25, -0.2) is 0 Å². The average molecular weight is 284 g/mol. The highest BCUT2D eigenvalue weighted by molar-refractivity contribution is 8.00. The zero-order valence-electron chi connectivity index (χ0n) is 12.0. The maximum absolute atomic E-state index is 3.58. The van der Waals surface area contributed by atoms with Crippen molar-refractivity contribution in [2.75, 3.05) is 23.3 Å². The van der Waals surface area contributed by atoms with Crippen molar-refractivity contribution in [3.8, 4) is 0 Å². The van der Waals surface area contributed by atoms with E-state index >= 15 is 0 Å². The molecule has 1 aliphatic heterocycles. The first-order chi connectivity index (χ1) is 9.81. The van der Waals surface area contributed by atoms with Crippen molar-refractivity contribution in [2.24, 2.45) is 0 Å². The molecule has 0 aromatic heterocycles. The first-order valence-corrected chi connectivity index (χ1v) is 8.07. The van der Waals surface area contributed by atoms with E-state index in [1.807, 2.05) is 11.8 Å². The molecule has 3 heteroatoms. The Bertz CT molecular complexity index is 551. The van der Waals surface area contributed by atoms with Gasteiger partial charge >= 0.3 is 0 Å². The molecule has 1 heterocycles. The van der Waals surface area contributed by atoms with Crippen LogP contribution in [0.25, 0.3) is 0 Å². The van der Waals surface area contributed by atoms with Gasteiger partial charge < -0.3 is 10.2 Å². The van der Waals surface area contributed by atoms with Crippen molar-refractivity contribution in [3.05, 3.63) is 54.1 Å². The van der Waals surface area contributed by atoms with Crippen LogP contribution < -0.4 is 10.2 Å². The zero-order chi connectivity index (χ0) is 13.9. The summed E-state index contributed by atoms with van der Waals surface area (Å²) in [4.78, 5) is 3.71. The first-order valence-electron chi connectivity index (χ1n) is 7.19. The summed E-state index contributed by atoms with van der Waals surface area (Å²) in [7, 11) is 0. The lowest BCUT2D eigenvalue weighted by molar-refractivity contribution is 0.865. The molecule has 0 saturated carbocycles. The second-order valence-corrected chi connectivity index (χ2v) is 6.05. The third-order valence-electron chi connectivity index (χ3n) is 3.74. The van der Waals surface area contributed by atoms with Crippen LogP contribution in [0.15, 0.2) is 53.4 Å². The van der Waals surface area contributed by atoms with Gasteiger partial charge in [0.15, 0.2) is 0 Å². The number of benzene rings is 2. The Morgan fingerprint density at radius 1 is 1.00 bits per heavy atom. The minimum Gasteiger partial charge on any atom is -0.372 e. The van der Waals surface area contributed by atoms with Gasteiger partial charge in [-0.15, -0.1) is 0 Å². The standard InChI is InChI=1S/C17H20N2S/c1-3-19(4-2)14-11-9-13(10-12-14)17-18-15-7-5-6-8-16(15)20-17/h5-12,17-18H,3-4H2,1-2H3/t17-/m1/s1. The van der Waals surface area contributed by atoms with E-state index in [0.29, 0.717) is 5.37 Å². The minimum absolute atomic E-state index is 0.332. The molecule has 0 spiro atoms. The van der Waals surface area contributed by atoms with Crippen LogP contribution in [0.2, 0.25) is 0 Å². The Hall–Kier alpha value is -1.61. The Morgan fingerprint density at radius 2 is 1.70 bits per heavy atom. The summed E-state index contributed by atoms with van der Waals surface area (Å²) in [5.41, 5.74) is 3.89. The smallest absolute Gasteiger partial charge is 0.103 e. The molecule has 0 amide bonds. The maximum atomic E-state index is 3.58. The summed E-state index contributed by atoms with van der Waals surface area (Å²) < 4.78 is 0. The molecule has 2 aromatic rings. The van der Waals surface area contributed by atoms with Crippen LogP contribution in [0, 0.1) is 0 Å². The van der Waals surface area contributed by atoms with E-state index in [9.17, 15) is 0 Å². The van der Waals surface area contributed by atoms with Crippen molar-refractivity contribution in [1.82, 2.24) is 0 Å². The van der Waals surface area contributed by atoms with Gasteiger partial charge in [-0.3, -0.25) is 0 Å². The number of anilines is 2. The predicted octanol–water partition coefficient (Wildman–Crippen LogP) is 4.75. The number of hydrogen-bond donors (Lipinski definition) is 1. The molecule has 3 rings (SSSR count). The van der Waals surface area contributed by atoms with Crippen molar-refractivity contribution in [3.63, 3.8) is 0 Å². The summed E-state index contributed by atoms with van der Waals surface area (Å²) in [5, 5.41) is 3.91. The third kappa shape index (κ3) is 2.50. The lowest BCUT2D eigenvalue weighted by Crippen LogP contribution is -2.21. The van der Waals surface area contributed by atoms with Gasteiger partial charge in [0.2, 0.25) is 0 Å². The van der Waals surface area contributed by atoms with Gasteiger partial charge in [-0.2, -0.15) is 0 Å². The highest BCUT2D eigenvalue weighted by atomic mass is 32.2. The van der Waals surface area contributed by atoms with Gasteiger partial charge in [0.25, 0.3) is 0 Å². The number of nitrogens with zero attached hydrogens (tertiary/aromatic N) is 1. The summed E-state index contributed by atoms with van der Waals surface area (Å²) in [5.74, 6) is 0. The van der Waals surface area contributed by atoms with Gasteiger partial charge in [-0.1, -0.05) is 36.0 Å². The second-order valence-electron chi connectivity index (χ2n) is 4.90. The highest BCUT2D eigenvalue weighted by Gasteiger charge is 2.22. The summed E-state index contributed by atoms with van der Waals surface area (Å²) in [6.45, 7) is 6.50. The van der Waals surface area contributed by atoms with E-state index in [0.717, 1.165) is 13.1 Å². The number of nitrogens with one attached hydrogen (secondary N) is 1. The van der Waals surface area contributed by atoms with Crippen LogP contribution in [-0.2, 0) is 0 Å². The van der Waals surface area contributed by atoms with Crippen LogP contribution in [-0.4, -0.2) is 13.1 Å². The fraction of sp³-hybridized carbons (Fsp3) is 0.294. The largest absolute Gasteiger partial charge is 0.372 e. The number of thioether (sulfide) groups is 1. The quantitative estimate of drug-likeness (QED) is 0.872. The molecular weight excluding hydrogens is 264 g/mol. The SMILES string of the molecule is CCN(CC)c1ccc([C@@H]2Nc3ccccc3S2)cc1. The Labute approximate surface area is 125 Å². The summed E-state index contributed by atoms with van der Waals surface area (Å²) >= 11 is 1.89. The van der Waals surface area contributed by atoms with E-state index in [1.54, 1.807) is 0 Å². The molecule has 0 unspecified atom stereocenters. The predicted molar refractivity (Wildman–Crippen MR) is 88.7 cm³/mol. The Morgan fingerprint density at radius 3 is 2.35 bits per heavy atom. The minimum atomic E-state index is 0.332. The average Bonchev–Trinajstić information content (AvgIpc) is 2.93. The Kier molecular flexibility index (Phi) is 3.88. The molecule has 0 bridgehead atoms. The molecule has 0 fully saturated rings. The van der Waals surface area contributed by atoms with Crippen LogP contribution in [0.1, 0.15) is 24.8 Å². The normalized spacial score (nSPS) is 16.6. The Balaban J connectivity index is 1.77. The van der Waals surface area contributed by atoms with Crippen LogP contribution in [0.3, 0.4) is 0 Å². The molecule has 2 aromatic carbocycles. The van der Waals surface area contributed by atoms with E-state index in [1.165, 1.54) is 21.8 Å². The molecular formula is C17H20N2S. The number of rotatable bonds is 4. The monoisotopic (exact) mass is 284 g/mol. The van der Waals surface area contributed by atoms with Crippen molar-refractivity contribution < 1.29 is 0 Å². The summed E-state index contributed by atoms with van der Waals surface area (Å²) in [6.07, 6.45) is 0. The molecule has 0 saturated heterocycles. The van der Waals surface area contributed by atoms with Gasteiger partial charge in [0.05, 0.1) is 0 Å². The fourth-order valence-corrected chi connectivity index (χ4v) is 3.73. The van der Waals surface area contributed by atoms with Crippen LogP contribution in [0.5, 0.6) is 0 Å². The molecule has 0 radical (unpaired) electrons. The number of para-hydroxylation sites is 1. The van der Waals surface area contributed by atoms with Gasteiger partial charge in [0, 0.05) is 29.4 Å². The maximum Gasteiger partial charge on any atom is 0.103 e. The second kappa shape index (κ2) is 5.80. The fourth-order valence-electron chi connectivity index (χ4n) is 2.59. The van der Waals surface area contributed by atoms with Crippen molar-refractivity contribution >= 4 is 23.1 Å². The number of fused-ring (bicyclic) bond motifs is 1. The van der Waals surface area contributed by atoms with Crippen LogP contribution >= 0.6 is 11.8 Å².